The zero-order valence-corrected chi connectivity index (χ0v) is 46.4. The Kier molecular flexibility index (Phi) is 23.3. The fourth-order valence-corrected chi connectivity index (χ4v) is 10.0. The van der Waals surface area contributed by atoms with Crippen LogP contribution >= 0.6 is 0 Å². The van der Waals surface area contributed by atoms with Crippen molar-refractivity contribution in [2.24, 2.45) is 17.8 Å². The van der Waals surface area contributed by atoms with Crippen molar-refractivity contribution >= 4 is 57.7 Å². The van der Waals surface area contributed by atoms with Crippen molar-refractivity contribution in [3.05, 3.63) is 77.9 Å². The number of fused-ring (bicyclic) bond motifs is 2. The number of allylic oxidation sites excluding steroid dienone is 1. The van der Waals surface area contributed by atoms with Crippen molar-refractivity contribution in [3.63, 3.8) is 0 Å². The summed E-state index contributed by atoms with van der Waals surface area (Å²) in [5.74, 6) is -9.19. The maximum absolute atomic E-state index is 15.0. The van der Waals surface area contributed by atoms with Gasteiger partial charge in [0.25, 0.3) is 5.91 Å². The molecule has 79 heavy (non-hydrogen) atoms. The second-order valence-electron chi connectivity index (χ2n) is 20.6. The topological polar surface area (TPSA) is 346 Å². The van der Waals surface area contributed by atoms with E-state index in [1.165, 1.54) is 31.0 Å². The molecule has 1 aliphatic carbocycles. The molecule has 2 aromatic carbocycles. The molecule has 2 heterocycles. The number of likely N-dealkylation sites (N-methyl/N-ethyl adjacent to an activating group) is 1. The molecule has 2 aliphatic heterocycles. The SMILES string of the molecule is CC[C@H](C)[C@@H]1NC(=O)C(Cc2ccccc2)N(C)C(=O)[C@H]([C@@H](C)CC)N2C(=O)[C@H](CC[C@H]2O)NC(=O)[C@H](C[C@H]2C=C[C@H](O)CC2)NC(=O)[C@@H](NC(=O)[C@@H](CCc2ccc(O)cc2)NC(=O)[C@@H](COS(=O)(=O)O)OC)[C@@H](C)OC1=O. The molecule has 0 radical (unpaired) electrons. The summed E-state index contributed by atoms with van der Waals surface area (Å²) in [5.41, 5.74) is 1.21. The Balaban J connectivity index is 1.63. The number of esters is 1. The Morgan fingerprint density at radius 3 is 2.10 bits per heavy atom. The molecule has 436 valence electrons. The first-order valence-corrected chi connectivity index (χ1v) is 28.0. The number of phenolic OH excluding ortho intramolecular Hbond substituents is 1. The summed E-state index contributed by atoms with van der Waals surface area (Å²) >= 11 is 0. The molecule has 9 N–H and O–H groups in total. The van der Waals surface area contributed by atoms with Crippen molar-refractivity contribution in [1.29, 1.82) is 0 Å². The molecule has 0 saturated carbocycles. The molecular weight excluding hydrogens is 1050 g/mol. The van der Waals surface area contributed by atoms with Gasteiger partial charge in [0.15, 0.2) is 6.10 Å². The van der Waals surface area contributed by atoms with Crippen LogP contribution in [0.4, 0.5) is 0 Å². The van der Waals surface area contributed by atoms with E-state index in [0.717, 1.165) is 12.0 Å². The predicted octanol–water partition coefficient (Wildman–Crippen LogP) is 0.717. The summed E-state index contributed by atoms with van der Waals surface area (Å²) < 4.78 is 47.5. The third-order valence-corrected chi connectivity index (χ3v) is 15.4. The largest absolute Gasteiger partial charge is 0.508 e. The number of methoxy groups -OCH3 is 1. The lowest BCUT2D eigenvalue weighted by Crippen LogP contribution is -2.66. The van der Waals surface area contributed by atoms with Gasteiger partial charge in [-0.1, -0.05) is 95.2 Å². The van der Waals surface area contributed by atoms with Gasteiger partial charge in [-0.2, -0.15) is 8.42 Å². The summed E-state index contributed by atoms with van der Waals surface area (Å²) in [6.45, 7) is 7.19. The lowest BCUT2D eigenvalue weighted by atomic mass is 9.88. The number of rotatable bonds is 19. The van der Waals surface area contributed by atoms with Gasteiger partial charge < -0.3 is 61.2 Å². The van der Waals surface area contributed by atoms with Crippen LogP contribution in [0.3, 0.4) is 0 Å². The number of ether oxygens (including phenoxy) is 2. The van der Waals surface area contributed by atoms with Gasteiger partial charge in [0.05, 0.1) is 6.10 Å². The van der Waals surface area contributed by atoms with Crippen molar-refractivity contribution in [2.75, 3.05) is 20.8 Å². The molecule has 7 amide bonds. The number of carbonyl (C=O) groups excluding carboxylic acids is 8. The van der Waals surface area contributed by atoms with Crippen molar-refractivity contribution in [3.8, 4) is 5.75 Å². The van der Waals surface area contributed by atoms with E-state index in [9.17, 15) is 57.1 Å². The number of amides is 7. The van der Waals surface area contributed by atoms with Gasteiger partial charge in [0, 0.05) is 20.6 Å². The maximum Gasteiger partial charge on any atom is 0.397 e. The number of cyclic esters (lactones) is 1. The minimum Gasteiger partial charge on any atom is -0.508 e. The van der Waals surface area contributed by atoms with Gasteiger partial charge in [0.2, 0.25) is 35.4 Å². The minimum atomic E-state index is -5.05. The average Bonchev–Trinajstić information content (AvgIpc) is 3.41. The Labute approximate surface area is 460 Å². The summed E-state index contributed by atoms with van der Waals surface area (Å²) in [6.07, 6.45) is -1.56. The first kappa shape index (κ1) is 63.3. The number of aryl methyl sites for hydroxylation is 1. The molecular formula is C54H77N7O17S. The van der Waals surface area contributed by atoms with Gasteiger partial charge in [0.1, 0.15) is 67.0 Å². The second kappa shape index (κ2) is 29.1. The average molecular weight is 1130 g/mol. The zero-order chi connectivity index (χ0) is 58.3. The molecule has 0 spiro atoms. The lowest BCUT2D eigenvalue weighted by Gasteiger charge is -2.44. The standard InChI is InChI=1S/C54H77N7O17S/c1-8-30(3)44-54(72)78-32(5)45(59-47(65)38(24-19-33-15-20-36(62)21-16-33)55-50(68)42(76-7)29-77-79(73,74)75)51(69)57-40(27-35-17-22-37(63)23-18-35)48(66)56-39-25-26-43(64)61(52(39)70)46(31(4)9-2)53(71)60(6)41(49(67)58-44)28-34-13-11-10-12-14-34/h10-17,20-22,30-32,35,37-46,62-64H,8-9,18-19,23-29H2,1-7H3,(H,55,68)(H,56,66)(H,57,69)(H,58,67)(H,59,65)(H,73,74,75)/t30-,31-,32+,35-,37-,38+,39-,40-,41?,42+,43+,44-,45-,46-/m0/s1. The number of nitrogens with one attached hydrogen (secondary N) is 5. The zero-order valence-electron chi connectivity index (χ0n) is 45.6. The molecule has 2 fully saturated rings. The van der Waals surface area contributed by atoms with Crippen LogP contribution in [0, 0.1) is 17.8 Å². The first-order valence-electron chi connectivity index (χ1n) is 26.7. The fourth-order valence-electron chi connectivity index (χ4n) is 9.75. The Morgan fingerprint density at radius 2 is 1.49 bits per heavy atom. The van der Waals surface area contributed by atoms with Crippen LogP contribution in [0.5, 0.6) is 5.75 Å². The second-order valence-corrected chi connectivity index (χ2v) is 21.7. The fraction of sp³-hybridized carbons (Fsp3) is 0.593. The lowest BCUT2D eigenvalue weighted by molar-refractivity contribution is -0.168. The number of nitrogens with zero attached hydrogens (tertiary/aromatic N) is 2. The third-order valence-electron chi connectivity index (χ3n) is 15.0. The number of piperidine rings is 1. The highest BCUT2D eigenvalue weighted by Crippen LogP contribution is 2.29. The van der Waals surface area contributed by atoms with Crippen LogP contribution < -0.4 is 26.6 Å². The molecule has 2 bridgehead atoms. The summed E-state index contributed by atoms with van der Waals surface area (Å²) in [5, 5.41) is 45.0. The van der Waals surface area contributed by atoms with E-state index in [-0.39, 0.29) is 44.3 Å². The number of phenols is 1. The van der Waals surface area contributed by atoms with E-state index in [1.807, 2.05) is 0 Å². The quantitative estimate of drug-likeness (QED) is 0.0532. The highest BCUT2D eigenvalue weighted by Gasteiger charge is 2.47. The van der Waals surface area contributed by atoms with E-state index in [0.29, 0.717) is 36.8 Å². The van der Waals surface area contributed by atoms with E-state index in [1.54, 1.807) is 82.3 Å². The van der Waals surface area contributed by atoms with Crippen molar-refractivity contribution in [2.45, 2.75) is 166 Å². The molecule has 24 nitrogen and oxygen atoms in total. The smallest absolute Gasteiger partial charge is 0.397 e. The van der Waals surface area contributed by atoms with Gasteiger partial charge in [-0.25, -0.2) is 8.98 Å². The van der Waals surface area contributed by atoms with E-state index >= 15 is 9.59 Å². The number of carbonyl (C=O) groups is 8. The number of aromatic hydroxyl groups is 1. The van der Waals surface area contributed by atoms with E-state index in [4.69, 9.17) is 9.47 Å². The summed E-state index contributed by atoms with van der Waals surface area (Å²) in [4.78, 5) is 120. The Morgan fingerprint density at radius 1 is 0.823 bits per heavy atom. The molecule has 5 rings (SSSR count). The minimum absolute atomic E-state index is 0.0554. The molecule has 14 atom stereocenters. The molecule has 25 heteroatoms. The van der Waals surface area contributed by atoms with E-state index < -0.39 is 149 Å². The monoisotopic (exact) mass is 1130 g/mol. The first-order chi connectivity index (χ1) is 37.3. The molecule has 2 aromatic rings. The Bertz CT molecular complexity index is 2590. The van der Waals surface area contributed by atoms with Crippen LogP contribution in [0.1, 0.15) is 97.1 Å². The number of hydrogen-bond acceptors (Lipinski definition) is 16. The van der Waals surface area contributed by atoms with Crippen molar-refractivity contribution < 1.29 is 80.3 Å². The molecule has 1 unspecified atom stereocenters. The third kappa shape index (κ3) is 17.7. The van der Waals surface area contributed by atoms with Crippen LogP contribution in [0.15, 0.2) is 66.7 Å². The predicted molar refractivity (Wildman–Crippen MR) is 284 cm³/mol. The normalized spacial score (nSPS) is 27.4. The van der Waals surface area contributed by atoms with Crippen LogP contribution in [-0.2, 0) is 75.3 Å². The molecule has 2 saturated heterocycles. The maximum atomic E-state index is 15.0. The van der Waals surface area contributed by atoms with E-state index in [2.05, 4.69) is 30.8 Å². The van der Waals surface area contributed by atoms with Gasteiger partial charge in [-0.3, -0.25) is 38.1 Å². The summed E-state index contributed by atoms with van der Waals surface area (Å²) in [7, 11) is -2.62. The van der Waals surface area contributed by atoms with Crippen molar-refractivity contribution in [1.82, 2.24) is 36.4 Å². The number of aliphatic hydroxyl groups is 2. The highest BCUT2D eigenvalue weighted by molar-refractivity contribution is 7.80. The number of benzene rings is 2. The Hall–Kier alpha value is -6.51. The summed E-state index contributed by atoms with van der Waals surface area (Å²) in [6, 6.07) is 4.22. The number of hydrogen-bond donors (Lipinski definition) is 9. The van der Waals surface area contributed by atoms with Gasteiger partial charge >= 0.3 is 16.4 Å². The number of aliphatic hydroxyl groups excluding tert-OH is 2. The van der Waals surface area contributed by atoms with Crippen LogP contribution in [-0.4, -0.2) is 173 Å². The highest BCUT2D eigenvalue weighted by atomic mass is 32.3. The molecule has 0 aromatic heterocycles. The molecule has 3 aliphatic rings. The van der Waals surface area contributed by atoms with Crippen LogP contribution in [0.25, 0.3) is 0 Å². The van der Waals surface area contributed by atoms with Gasteiger partial charge in [-0.15, -0.1) is 0 Å². The van der Waals surface area contributed by atoms with Crippen LogP contribution in [0.2, 0.25) is 0 Å². The van der Waals surface area contributed by atoms with Gasteiger partial charge in [-0.05, 0) is 92.9 Å².